The first-order valence-electron chi connectivity index (χ1n) is 6.36. The van der Waals surface area contributed by atoms with Gasteiger partial charge < -0.3 is 10.0 Å². The second-order valence-electron chi connectivity index (χ2n) is 5.00. The van der Waals surface area contributed by atoms with Gasteiger partial charge in [0.1, 0.15) is 0 Å². The summed E-state index contributed by atoms with van der Waals surface area (Å²) in [5, 5.41) is 11.0. The average molecular weight is 283 g/mol. The van der Waals surface area contributed by atoms with Crippen molar-refractivity contribution in [2.24, 2.45) is 11.8 Å². The molecule has 1 heterocycles. The number of carbonyl (C=O) groups excluding carboxylic acids is 1. The maximum absolute atomic E-state index is 12.2. The van der Waals surface area contributed by atoms with Crippen molar-refractivity contribution in [2.45, 2.75) is 33.2 Å². The fourth-order valence-electron chi connectivity index (χ4n) is 1.82. The molecule has 0 spiro atoms. The number of hydrogen-bond donors (Lipinski definition) is 1. The van der Waals surface area contributed by atoms with E-state index in [4.69, 9.17) is 5.11 Å². The van der Waals surface area contributed by atoms with Gasteiger partial charge in [-0.2, -0.15) is 0 Å². The zero-order chi connectivity index (χ0) is 14.6. The molecule has 3 unspecified atom stereocenters. The second-order valence-corrected chi connectivity index (χ2v) is 6.03. The van der Waals surface area contributed by atoms with Crippen LogP contribution < -0.4 is 0 Å². The van der Waals surface area contributed by atoms with Gasteiger partial charge in [-0.1, -0.05) is 19.9 Å². The molecular weight excluding hydrogens is 262 g/mol. The summed E-state index contributed by atoms with van der Waals surface area (Å²) in [6.45, 7) is 5.23. The van der Waals surface area contributed by atoms with E-state index in [1.165, 1.54) is 4.88 Å². The Morgan fingerprint density at radius 1 is 1.32 bits per heavy atom. The van der Waals surface area contributed by atoms with Gasteiger partial charge in [0.25, 0.3) is 0 Å². The van der Waals surface area contributed by atoms with Gasteiger partial charge in [-0.25, -0.2) is 0 Å². The SMILES string of the molecule is CC(C(=O)O)C(C)C(=O)N(C)C(C)Cc1cccs1. The molecule has 1 aromatic rings. The van der Waals surface area contributed by atoms with Crippen LogP contribution in [0, 0.1) is 11.8 Å². The Kier molecular flexibility index (Phi) is 5.54. The van der Waals surface area contributed by atoms with Gasteiger partial charge in [0.15, 0.2) is 0 Å². The molecule has 3 atom stereocenters. The molecule has 0 aliphatic rings. The van der Waals surface area contributed by atoms with Crippen molar-refractivity contribution in [2.75, 3.05) is 7.05 Å². The molecule has 19 heavy (non-hydrogen) atoms. The molecule has 0 radical (unpaired) electrons. The van der Waals surface area contributed by atoms with E-state index in [9.17, 15) is 9.59 Å². The summed E-state index contributed by atoms with van der Waals surface area (Å²) in [5.41, 5.74) is 0. The van der Waals surface area contributed by atoms with Crippen molar-refractivity contribution in [3.8, 4) is 0 Å². The van der Waals surface area contributed by atoms with Crippen LogP contribution >= 0.6 is 11.3 Å². The molecule has 1 amide bonds. The minimum Gasteiger partial charge on any atom is -0.481 e. The number of hydrogen-bond acceptors (Lipinski definition) is 3. The van der Waals surface area contributed by atoms with Crippen LogP contribution in [0.5, 0.6) is 0 Å². The molecule has 0 bridgehead atoms. The lowest BCUT2D eigenvalue weighted by molar-refractivity contribution is -0.149. The van der Waals surface area contributed by atoms with Crippen molar-refractivity contribution >= 4 is 23.2 Å². The zero-order valence-corrected chi connectivity index (χ0v) is 12.6. The molecule has 4 nitrogen and oxygen atoms in total. The van der Waals surface area contributed by atoms with E-state index in [1.807, 2.05) is 24.4 Å². The number of carboxylic acid groups (broad SMARTS) is 1. The summed E-state index contributed by atoms with van der Waals surface area (Å²) < 4.78 is 0. The highest BCUT2D eigenvalue weighted by Gasteiger charge is 2.29. The maximum Gasteiger partial charge on any atom is 0.307 e. The van der Waals surface area contributed by atoms with E-state index in [0.29, 0.717) is 0 Å². The molecule has 0 saturated heterocycles. The first-order chi connectivity index (χ1) is 8.84. The lowest BCUT2D eigenvalue weighted by Gasteiger charge is -2.28. The van der Waals surface area contributed by atoms with Crippen molar-refractivity contribution in [1.29, 1.82) is 0 Å². The quantitative estimate of drug-likeness (QED) is 0.872. The van der Waals surface area contributed by atoms with Gasteiger partial charge in [0.05, 0.1) is 5.92 Å². The number of carboxylic acids is 1. The van der Waals surface area contributed by atoms with E-state index in [-0.39, 0.29) is 11.9 Å². The number of likely N-dealkylation sites (N-methyl/N-ethyl adjacent to an activating group) is 1. The topological polar surface area (TPSA) is 57.6 Å². The summed E-state index contributed by atoms with van der Waals surface area (Å²) in [5.74, 6) is -2.21. The molecule has 106 valence electrons. The van der Waals surface area contributed by atoms with Gasteiger partial charge in [-0.15, -0.1) is 11.3 Å². The fourth-order valence-corrected chi connectivity index (χ4v) is 2.65. The molecule has 1 aromatic heterocycles. The monoisotopic (exact) mass is 283 g/mol. The van der Waals surface area contributed by atoms with Crippen LogP contribution in [0.25, 0.3) is 0 Å². The smallest absolute Gasteiger partial charge is 0.307 e. The van der Waals surface area contributed by atoms with Crippen LogP contribution in [0.4, 0.5) is 0 Å². The van der Waals surface area contributed by atoms with Gasteiger partial charge in [-0.05, 0) is 18.4 Å². The number of amides is 1. The molecule has 1 N–H and O–H groups in total. The predicted octanol–water partition coefficient (Wildman–Crippen LogP) is 2.49. The lowest BCUT2D eigenvalue weighted by atomic mass is 9.94. The number of nitrogens with zero attached hydrogens (tertiary/aromatic N) is 1. The van der Waals surface area contributed by atoms with Gasteiger partial charge >= 0.3 is 5.97 Å². The lowest BCUT2D eigenvalue weighted by Crippen LogP contribution is -2.42. The third-order valence-electron chi connectivity index (χ3n) is 3.61. The standard InChI is InChI=1S/C14H21NO3S/c1-9(8-12-6-5-7-19-12)15(4)13(16)10(2)11(3)14(17)18/h5-7,9-11H,8H2,1-4H3,(H,17,18). The number of carbonyl (C=O) groups is 2. The van der Waals surface area contributed by atoms with Crippen LogP contribution in [0.2, 0.25) is 0 Å². The summed E-state index contributed by atoms with van der Waals surface area (Å²) in [7, 11) is 1.74. The van der Waals surface area contributed by atoms with E-state index >= 15 is 0 Å². The number of thiophene rings is 1. The fraction of sp³-hybridized carbons (Fsp3) is 0.571. The van der Waals surface area contributed by atoms with Crippen LogP contribution in [-0.2, 0) is 16.0 Å². The second kappa shape index (κ2) is 6.70. The normalized spacial score (nSPS) is 15.6. The van der Waals surface area contributed by atoms with Crippen molar-refractivity contribution in [3.63, 3.8) is 0 Å². The minimum atomic E-state index is -0.930. The molecule has 0 aliphatic carbocycles. The van der Waals surface area contributed by atoms with Crippen LogP contribution in [0.3, 0.4) is 0 Å². The van der Waals surface area contributed by atoms with Crippen LogP contribution in [0.1, 0.15) is 25.6 Å². The van der Waals surface area contributed by atoms with Crippen molar-refractivity contribution in [1.82, 2.24) is 4.90 Å². The Balaban J connectivity index is 2.63. The summed E-state index contributed by atoms with van der Waals surface area (Å²) in [6, 6.07) is 4.10. The minimum absolute atomic E-state index is 0.0644. The first-order valence-corrected chi connectivity index (χ1v) is 7.24. The Morgan fingerprint density at radius 2 is 1.95 bits per heavy atom. The van der Waals surface area contributed by atoms with E-state index < -0.39 is 17.8 Å². The maximum atomic E-state index is 12.2. The average Bonchev–Trinajstić information content (AvgIpc) is 2.87. The van der Waals surface area contributed by atoms with E-state index in [1.54, 1.807) is 37.1 Å². The molecule has 0 aromatic carbocycles. The Hall–Kier alpha value is -1.36. The molecule has 5 heteroatoms. The van der Waals surface area contributed by atoms with E-state index in [0.717, 1.165) is 6.42 Å². The van der Waals surface area contributed by atoms with Gasteiger partial charge in [0, 0.05) is 30.3 Å². The highest BCUT2D eigenvalue weighted by Crippen LogP contribution is 2.18. The number of aliphatic carboxylic acids is 1. The predicted molar refractivity (Wildman–Crippen MR) is 76.2 cm³/mol. The van der Waals surface area contributed by atoms with Crippen LogP contribution in [-0.4, -0.2) is 35.0 Å². The summed E-state index contributed by atoms with van der Waals surface area (Å²) >= 11 is 1.67. The first kappa shape index (κ1) is 15.7. The number of rotatable bonds is 6. The van der Waals surface area contributed by atoms with Gasteiger partial charge in [0.2, 0.25) is 5.91 Å². The largest absolute Gasteiger partial charge is 0.481 e. The molecule has 0 aliphatic heterocycles. The van der Waals surface area contributed by atoms with Crippen molar-refractivity contribution in [3.05, 3.63) is 22.4 Å². The Labute approximate surface area is 118 Å². The summed E-state index contributed by atoms with van der Waals surface area (Å²) in [6.07, 6.45) is 0.800. The Bertz CT molecular complexity index is 430. The Morgan fingerprint density at radius 3 is 2.42 bits per heavy atom. The summed E-state index contributed by atoms with van der Waals surface area (Å²) in [4.78, 5) is 26.0. The zero-order valence-electron chi connectivity index (χ0n) is 11.8. The van der Waals surface area contributed by atoms with Gasteiger partial charge in [-0.3, -0.25) is 9.59 Å². The highest BCUT2D eigenvalue weighted by atomic mass is 32.1. The molecule has 1 rings (SSSR count). The third kappa shape index (κ3) is 4.06. The third-order valence-corrected chi connectivity index (χ3v) is 4.51. The molecule has 0 fully saturated rings. The highest BCUT2D eigenvalue weighted by molar-refractivity contribution is 7.09. The molecule has 0 saturated carbocycles. The van der Waals surface area contributed by atoms with Crippen LogP contribution in [0.15, 0.2) is 17.5 Å². The van der Waals surface area contributed by atoms with Crippen molar-refractivity contribution < 1.29 is 14.7 Å². The van der Waals surface area contributed by atoms with E-state index in [2.05, 4.69) is 0 Å². The molecular formula is C14H21NO3S.